The summed E-state index contributed by atoms with van der Waals surface area (Å²) in [7, 11) is 3.96. The highest BCUT2D eigenvalue weighted by Crippen LogP contribution is 2.11. The van der Waals surface area contributed by atoms with Crippen molar-refractivity contribution >= 4 is 23.7 Å². The minimum atomic E-state index is -0.263. The molecule has 0 bridgehead atoms. The molecule has 0 spiro atoms. The van der Waals surface area contributed by atoms with Gasteiger partial charge in [-0.15, -0.1) is 0 Å². The number of rotatable bonds is 5. The predicted molar refractivity (Wildman–Crippen MR) is 91.6 cm³/mol. The van der Waals surface area contributed by atoms with Crippen molar-refractivity contribution in [2.75, 3.05) is 32.1 Å². The van der Waals surface area contributed by atoms with Crippen LogP contribution in [0.5, 0.6) is 0 Å². The number of benzene rings is 1. The van der Waals surface area contributed by atoms with Gasteiger partial charge in [0.1, 0.15) is 6.54 Å². The van der Waals surface area contributed by atoms with Gasteiger partial charge in [0.15, 0.2) is 0 Å². The lowest BCUT2D eigenvalue weighted by atomic mass is 10.2. The van der Waals surface area contributed by atoms with Crippen LogP contribution in [0.3, 0.4) is 0 Å². The highest BCUT2D eigenvalue weighted by Gasteiger charge is 2.18. The second-order valence-electron chi connectivity index (χ2n) is 5.91. The van der Waals surface area contributed by atoms with E-state index in [-0.39, 0.29) is 18.4 Å². The maximum atomic E-state index is 11.9. The van der Waals surface area contributed by atoms with Crippen LogP contribution in [0.4, 0.5) is 5.69 Å². The number of carbonyl (C=O) groups is 2. The maximum absolute atomic E-state index is 11.9. The van der Waals surface area contributed by atoms with E-state index in [1.165, 1.54) is 0 Å². The van der Waals surface area contributed by atoms with Crippen LogP contribution in [-0.2, 0) is 9.59 Å². The average molecular weight is 316 g/mol. The van der Waals surface area contributed by atoms with Crippen LogP contribution in [0.15, 0.2) is 29.4 Å². The van der Waals surface area contributed by atoms with Crippen LogP contribution in [0.25, 0.3) is 0 Å². The Kier molecular flexibility index (Phi) is 6.14. The Morgan fingerprint density at radius 2 is 2.00 bits per heavy atom. The molecule has 2 rings (SSSR count). The third-order valence-electron chi connectivity index (χ3n) is 3.82. The SMILES string of the molecule is CN(C)c1ccc(/C=N\NC(=O)CN2CCCCCC2=O)cc1. The summed E-state index contributed by atoms with van der Waals surface area (Å²) in [6, 6.07) is 7.84. The highest BCUT2D eigenvalue weighted by molar-refractivity contribution is 5.86. The molecular formula is C17H24N4O2. The van der Waals surface area contributed by atoms with Gasteiger partial charge in [0.25, 0.3) is 5.91 Å². The van der Waals surface area contributed by atoms with Crippen LogP contribution in [0, 0.1) is 0 Å². The fourth-order valence-corrected chi connectivity index (χ4v) is 2.45. The van der Waals surface area contributed by atoms with Gasteiger partial charge in [0, 0.05) is 32.7 Å². The van der Waals surface area contributed by atoms with Crippen molar-refractivity contribution in [2.45, 2.75) is 25.7 Å². The normalized spacial score (nSPS) is 15.6. The fraction of sp³-hybridized carbons (Fsp3) is 0.471. The Morgan fingerprint density at radius 1 is 1.26 bits per heavy atom. The smallest absolute Gasteiger partial charge is 0.259 e. The molecular weight excluding hydrogens is 292 g/mol. The van der Waals surface area contributed by atoms with Gasteiger partial charge < -0.3 is 9.80 Å². The van der Waals surface area contributed by atoms with Crippen molar-refractivity contribution in [3.05, 3.63) is 29.8 Å². The number of carbonyl (C=O) groups excluding carboxylic acids is 2. The standard InChI is InChI=1S/C17H24N4O2/c1-20(2)15-9-7-14(8-10-15)12-18-19-16(22)13-21-11-5-3-4-6-17(21)23/h7-10,12H,3-6,11,13H2,1-2H3,(H,19,22)/b18-12-. The molecule has 0 radical (unpaired) electrons. The molecule has 1 aromatic carbocycles. The number of anilines is 1. The lowest BCUT2D eigenvalue weighted by Crippen LogP contribution is -2.39. The van der Waals surface area contributed by atoms with E-state index in [2.05, 4.69) is 10.5 Å². The third-order valence-corrected chi connectivity index (χ3v) is 3.82. The zero-order chi connectivity index (χ0) is 16.7. The van der Waals surface area contributed by atoms with E-state index in [0.29, 0.717) is 13.0 Å². The van der Waals surface area contributed by atoms with E-state index in [9.17, 15) is 9.59 Å². The summed E-state index contributed by atoms with van der Waals surface area (Å²) in [4.78, 5) is 27.3. The molecule has 6 nitrogen and oxygen atoms in total. The van der Waals surface area contributed by atoms with Gasteiger partial charge in [-0.1, -0.05) is 18.6 Å². The first-order valence-corrected chi connectivity index (χ1v) is 7.93. The van der Waals surface area contributed by atoms with Crippen LogP contribution in [0.1, 0.15) is 31.2 Å². The molecule has 0 saturated carbocycles. The minimum absolute atomic E-state index is 0.0564. The van der Waals surface area contributed by atoms with Gasteiger partial charge in [-0.05, 0) is 30.5 Å². The van der Waals surface area contributed by atoms with E-state index in [4.69, 9.17) is 0 Å². The average Bonchev–Trinajstić information content (AvgIpc) is 2.73. The van der Waals surface area contributed by atoms with Gasteiger partial charge in [0.2, 0.25) is 5.91 Å². The second-order valence-corrected chi connectivity index (χ2v) is 5.91. The summed E-state index contributed by atoms with van der Waals surface area (Å²) in [6.07, 6.45) is 5.06. The lowest BCUT2D eigenvalue weighted by molar-refractivity contribution is -0.135. The van der Waals surface area contributed by atoms with Crippen LogP contribution < -0.4 is 10.3 Å². The van der Waals surface area contributed by atoms with Crippen molar-refractivity contribution < 1.29 is 9.59 Å². The Morgan fingerprint density at radius 3 is 2.70 bits per heavy atom. The number of nitrogens with one attached hydrogen (secondary N) is 1. The van der Waals surface area contributed by atoms with Crippen molar-refractivity contribution in [1.82, 2.24) is 10.3 Å². The summed E-state index contributed by atoms with van der Waals surface area (Å²) in [6.45, 7) is 0.734. The number of likely N-dealkylation sites (tertiary alicyclic amines) is 1. The number of hydrogen-bond donors (Lipinski definition) is 1. The molecule has 1 aliphatic rings. The van der Waals surface area contributed by atoms with Gasteiger partial charge in [-0.25, -0.2) is 5.43 Å². The summed E-state index contributed by atoms with van der Waals surface area (Å²) in [5.41, 5.74) is 4.49. The summed E-state index contributed by atoms with van der Waals surface area (Å²) in [5, 5.41) is 3.95. The molecule has 0 aliphatic carbocycles. The quantitative estimate of drug-likeness (QED) is 0.663. The number of hydrazone groups is 1. The van der Waals surface area contributed by atoms with E-state index in [1.807, 2.05) is 43.3 Å². The first-order chi connectivity index (χ1) is 11.1. The van der Waals surface area contributed by atoms with E-state index in [0.717, 1.165) is 30.5 Å². The largest absolute Gasteiger partial charge is 0.378 e. The molecule has 1 N–H and O–H groups in total. The van der Waals surface area contributed by atoms with Crippen molar-refractivity contribution in [3.63, 3.8) is 0 Å². The zero-order valence-electron chi connectivity index (χ0n) is 13.8. The molecule has 1 aromatic rings. The molecule has 0 atom stereocenters. The fourth-order valence-electron chi connectivity index (χ4n) is 2.45. The molecule has 1 aliphatic heterocycles. The third kappa shape index (κ3) is 5.39. The monoisotopic (exact) mass is 316 g/mol. The summed E-state index contributed by atoms with van der Waals surface area (Å²) in [5.74, 6) is -0.206. The predicted octanol–water partition coefficient (Wildman–Crippen LogP) is 1.61. The molecule has 1 fully saturated rings. The number of amides is 2. The number of nitrogens with zero attached hydrogens (tertiary/aromatic N) is 3. The molecule has 2 amide bonds. The molecule has 1 saturated heterocycles. The van der Waals surface area contributed by atoms with Crippen molar-refractivity contribution in [1.29, 1.82) is 0 Å². The Balaban J connectivity index is 1.82. The summed E-state index contributed by atoms with van der Waals surface area (Å²) < 4.78 is 0. The molecule has 1 heterocycles. The van der Waals surface area contributed by atoms with Crippen LogP contribution >= 0.6 is 0 Å². The first kappa shape index (κ1) is 17.0. The van der Waals surface area contributed by atoms with E-state index >= 15 is 0 Å². The van der Waals surface area contributed by atoms with Crippen molar-refractivity contribution in [3.8, 4) is 0 Å². The number of hydrogen-bond acceptors (Lipinski definition) is 4. The molecule has 23 heavy (non-hydrogen) atoms. The topological polar surface area (TPSA) is 65.0 Å². The molecule has 0 unspecified atom stereocenters. The lowest BCUT2D eigenvalue weighted by Gasteiger charge is -2.18. The molecule has 6 heteroatoms. The van der Waals surface area contributed by atoms with Crippen LogP contribution in [0.2, 0.25) is 0 Å². The van der Waals surface area contributed by atoms with Crippen molar-refractivity contribution in [2.24, 2.45) is 5.10 Å². The molecule has 0 aromatic heterocycles. The first-order valence-electron chi connectivity index (χ1n) is 7.93. The Hall–Kier alpha value is -2.37. The van der Waals surface area contributed by atoms with Gasteiger partial charge in [-0.3, -0.25) is 9.59 Å². The highest BCUT2D eigenvalue weighted by atomic mass is 16.2. The minimum Gasteiger partial charge on any atom is -0.378 e. The Bertz CT molecular complexity index is 566. The van der Waals surface area contributed by atoms with Gasteiger partial charge in [0.05, 0.1) is 6.21 Å². The summed E-state index contributed by atoms with van der Waals surface area (Å²) >= 11 is 0. The zero-order valence-corrected chi connectivity index (χ0v) is 13.8. The maximum Gasteiger partial charge on any atom is 0.259 e. The van der Waals surface area contributed by atoms with Gasteiger partial charge >= 0.3 is 0 Å². The van der Waals surface area contributed by atoms with Gasteiger partial charge in [-0.2, -0.15) is 5.10 Å². The molecule has 124 valence electrons. The Labute approximate surface area is 137 Å². The van der Waals surface area contributed by atoms with Crippen LogP contribution in [-0.4, -0.2) is 50.1 Å². The van der Waals surface area contributed by atoms with E-state index in [1.54, 1.807) is 11.1 Å². The second kappa shape index (κ2) is 8.31. The van der Waals surface area contributed by atoms with E-state index < -0.39 is 0 Å².